The fraction of sp³-hybridized carbons (Fsp3) is 0. The van der Waals surface area contributed by atoms with E-state index in [9.17, 15) is 0 Å². The molecule has 0 radical (unpaired) electrons. The molecular weight excluding hydrogens is 188 g/mol. The van der Waals surface area contributed by atoms with Crippen LogP contribution in [0, 0.1) is 0 Å². The summed E-state index contributed by atoms with van der Waals surface area (Å²) in [6.07, 6.45) is 3.41. The van der Waals surface area contributed by atoms with Crippen LogP contribution in [0.15, 0.2) is 53.2 Å². The number of benzene rings is 1. The topological polar surface area (TPSA) is 38.9 Å². The Morgan fingerprint density at radius 3 is 2.53 bits per heavy atom. The fourth-order valence-electron chi connectivity index (χ4n) is 1.52. The molecule has 0 amide bonds. The number of para-hydroxylation sites is 1. The van der Waals surface area contributed by atoms with Gasteiger partial charge in [0.2, 0.25) is 0 Å². The summed E-state index contributed by atoms with van der Waals surface area (Å²) in [7, 11) is 0. The molecule has 0 fully saturated rings. The number of furan rings is 1. The van der Waals surface area contributed by atoms with Gasteiger partial charge in [-0.05, 0) is 18.2 Å². The second-order valence-corrected chi connectivity index (χ2v) is 3.22. The minimum Gasteiger partial charge on any atom is -0.453 e. The van der Waals surface area contributed by atoms with Crippen LogP contribution in [0.1, 0.15) is 0 Å². The summed E-state index contributed by atoms with van der Waals surface area (Å²) in [6.45, 7) is 0. The molecule has 0 saturated carbocycles. The Balaban J connectivity index is 2.21. The van der Waals surface area contributed by atoms with E-state index in [1.807, 2.05) is 30.3 Å². The number of hydrogen-bond donors (Lipinski definition) is 0. The summed E-state index contributed by atoms with van der Waals surface area (Å²) in [4.78, 5) is 8.28. The minimum atomic E-state index is 0.619. The maximum Gasteiger partial charge on any atom is 0.195 e. The van der Waals surface area contributed by atoms with Gasteiger partial charge in [-0.15, -0.1) is 0 Å². The van der Waals surface area contributed by atoms with E-state index in [1.165, 1.54) is 0 Å². The van der Waals surface area contributed by atoms with Crippen LogP contribution in [0.5, 0.6) is 0 Å². The van der Waals surface area contributed by atoms with Crippen LogP contribution in [0.4, 0.5) is 0 Å². The molecule has 0 unspecified atom stereocenters. The van der Waals surface area contributed by atoms with E-state index in [2.05, 4.69) is 9.97 Å². The molecule has 15 heavy (non-hydrogen) atoms. The van der Waals surface area contributed by atoms with E-state index in [4.69, 9.17) is 4.42 Å². The lowest BCUT2D eigenvalue weighted by atomic mass is 10.2. The molecule has 0 atom stereocenters. The van der Waals surface area contributed by atoms with Gasteiger partial charge in [-0.25, -0.2) is 9.97 Å². The molecule has 3 nitrogen and oxygen atoms in total. The monoisotopic (exact) mass is 196 g/mol. The Morgan fingerprint density at radius 2 is 1.73 bits per heavy atom. The first kappa shape index (κ1) is 8.17. The van der Waals surface area contributed by atoms with E-state index in [0.717, 1.165) is 11.0 Å². The molecule has 1 aromatic carbocycles. The van der Waals surface area contributed by atoms with Crippen LogP contribution in [0.25, 0.3) is 22.6 Å². The lowest BCUT2D eigenvalue weighted by Gasteiger charge is -1.91. The first-order valence-corrected chi connectivity index (χ1v) is 4.69. The second kappa shape index (κ2) is 3.20. The summed E-state index contributed by atoms with van der Waals surface area (Å²) in [5, 5.41) is 1.07. The quantitative estimate of drug-likeness (QED) is 0.600. The fourth-order valence-corrected chi connectivity index (χ4v) is 1.52. The number of aromatic nitrogens is 2. The summed E-state index contributed by atoms with van der Waals surface area (Å²) < 4.78 is 5.63. The Morgan fingerprint density at radius 1 is 0.933 bits per heavy atom. The number of nitrogens with zero attached hydrogens (tertiary/aromatic N) is 2. The molecule has 3 rings (SSSR count). The second-order valence-electron chi connectivity index (χ2n) is 3.22. The molecule has 0 N–H and O–H groups in total. The third kappa shape index (κ3) is 1.38. The van der Waals surface area contributed by atoms with Gasteiger partial charge in [0.25, 0.3) is 0 Å². The number of hydrogen-bond acceptors (Lipinski definition) is 3. The van der Waals surface area contributed by atoms with Gasteiger partial charge in [0.05, 0.1) is 0 Å². The Bertz CT molecular complexity index is 554. The van der Waals surface area contributed by atoms with Gasteiger partial charge < -0.3 is 4.42 Å². The standard InChI is InChI=1S/C12H8N2O/c1-2-5-10-9(4-1)8-11(15-10)12-13-6-3-7-14-12/h1-8H. The maximum atomic E-state index is 5.63. The summed E-state index contributed by atoms with van der Waals surface area (Å²) >= 11 is 0. The summed E-state index contributed by atoms with van der Waals surface area (Å²) in [5.41, 5.74) is 0.861. The molecule has 3 heteroatoms. The molecular formula is C12H8N2O. The van der Waals surface area contributed by atoms with Gasteiger partial charge in [0, 0.05) is 17.8 Å². The Kier molecular flexibility index (Phi) is 1.75. The van der Waals surface area contributed by atoms with Gasteiger partial charge in [0.1, 0.15) is 5.58 Å². The van der Waals surface area contributed by atoms with Crippen molar-refractivity contribution in [2.75, 3.05) is 0 Å². The summed E-state index contributed by atoms with van der Waals surface area (Å²) in [6, 6.07) is 11.6. The third-order valence-electron chi connectivity index (χ3n) is 2.21. The van der Waals surface area contributed by atoms with Crippen molar-refractivity contribution in [1.29, 1.82) is 0 Å². The van der Waals surface area contributed by atoms with Crippen LogP contribution in [-0.2, 0) is 0 Å². The Hall–Kier alpha value is -2.16. The first-order chi connectivity index (χ1) is 7.43. The normalized spacial score (nSPS) is 10.7. The van der Waals surface area contributed by atoms with E-state index >= 15 is 0 Å². The van der Waals surface area contributed by atoms with Gasteiger partial charge in [-0.3, -0.25) is 0 Å². The van der Waals surface area contributed by atoms with Crippen molar-refractivity contribution in [3.63, 3.8) is 0 Å². The van der Waals surface area contributed by atoms with Gasteiger partial charge in [-0.2, -0.15) is 0 Å². The molecule has 72 valence electrons. The SMILES string of the molecule is c1cnc(-c2cc3ccccc3o2)nc1. The molecule has 0 saturated heterocycles. The highest BCUT2D eigenvalue weighted by Gasteiger charge is 2.06. The highest BCUT2D eigenvalue weighted by molar-refractivity contribution is 5.81. The van der Waals surface area contributed by atoms with Crippen LogP contribution in [0.2, 0.25) is 0 Å². The van der Waals surface area contributed by atoms with Crippen molar-refractivity contribution in [1.82, 2.24) is 9.97 Å². The van der Waals surface area contributed by atoms with Crippen molar-refractivity contribution in [2.24, 2.45) is 0 Å². The van der Waals surface area contributed by atoms with Crippen LogP contribution in [0.3, 0.4) is 0 Å². The van der Waals surface area contributed by atoms with Crippen molar-refractivity contribution >= 4 is 11.0 Å². The zero-order valence-electron chi connectivity index (χ0n) is 7.92. The van der Waals surface area contributed by atoms with Crippen LogP contribution >= 0.6 is 0 Å². The number of fused-ring (bicyclic) bond motifs is 1. The van der Waals surface area contributed by atoms with Gasteiger partial charge in [-0.1, -0.05) is 18.2 Å². The smallest absolute Gasteiger partial charge is 0.195 e. The molecule has 2 aromatic heterocycles. The van der Waals surface area contributed by atoms with Crippen molar-refractivity contribution in [3.8, 4) is 11.6 Å². The van der Waals surface area contributed by atoms with E-state index in [0.29, 0.717) is 11.6 Å². The highest BCUT2D eigenvalue weighted by atomic mass is 16.3. The lowest BCUT2D eigenvalue weighted by molar-refractivity contribution is 0.625. The molecule has 0 aliphatic carbocycles. The molecule has 3 aromatic rings. The van der Waals surface area contributed by atoms with Gasteiger partial charge in [0.15, 0.2) is 11.6 Å². The maximum absolute atomic E-state index is 5.63. The van der Waals surface area contributed by atoms with Crippen molar-refractivity contribution in [2.45, 2.75) is 0 Å². The van der Waals surface area contributed by atoms with Crippen LogP contribution < -0.4 is 0 Å². The van der Waals surface area contributed by atoms with E-state index < -0.39 is 0 Å². The largest absolute Gasteiger partial charge is 0.453 e. The molecule has 0 aliphatic rings. The van der Waals surface area contributed by atoms with Gasteiger partial charge >= 0.3 is 0 Å². The molecule has 0 bridgehead atoms. The highest BCUT2D eigenvalue weighted by Crippen LogP contribution is 2.24. The van der Waals surface area contributed by atoms with Crippen molar-refractivity contribution in [3.05, 3.63) is 48.8 Å². The van der Waals surface area contributed by atoms with E-state index in [-0.39, 0.29) is 0 Å². The first-order valence-electron chi connectivity index (χ1n) is 4.69. The zero-order chi connectivity index (χ0) is 10.1. The molecule has 2 heterocycles. The number of rotatable bonds is 1. The van der Waals surface area contributed by atoms with E-state index in [1.54, 1.807) is 18.5 Å². The zero-order valence-corrected chi connectivity index (χ0v) is 7.92. The predicted molar refractivity (Wildman–Crippen MR) is 57.2 cm³/mol. The molecule has 0 aliphatic heterocycles. The molecule has 0 spiro atoms. The Labute approximate surface area is 86.4 Å². The average Bonchev–Trinajstić information content (AvgIpc) is 2.74. The minimum absolute atomic E-state index is 0.619. The van der Waals surface area contributed by atoms with Crippen LogP contribution in [-0.4, -0.2) is 9.97 Å². The van der Waals surface area contributed by atoms with Crippen molar-refractivity contribution < 1.29 is 4.42 Å². The lowest BCUT2D eigenvalue weighted by Crippen LogP contribution is -1.82. The third-order valence-corrected chi connectivity index (χ3v) is 2.21. The summed E-state index contributed by atoms with van der Waals surface area (Å²) in [5.74, 6) is 1.32. The average molecular weight is 196 g/mol. The predicted octanol–water partition coefficient (Wildman–Crippen LogP) is 2.89.